The highest BCUT2D eigenvalue weighted by molar-refractivity contribution is 9.10. The van der Waals surface area contributed by atoms with Crippen molar-refractivity contribution in [3.63, 3.8) is 0 Å². The van der Waals surface area contributed by atoms with Gasteiger partial charge in [0.2, 0.25) is 0 Å². The molecule has 0 bridgehead atoms. The summed E-state index contributed by atoms with van der Waals surface area (Å²) in [4.78, 5) is 0. The van der Waals surface area contributed by atoms with Crippen molar-refractivity contribution in [1.29, 1.82) is 0 Å². The second kappa shape index (κ2) is 5.83. The molecule has 2 aromatic rings. The Kier molecular flexibility index (Phi) is 4.32. The molecular weight excluding hydrogens is 338 g/mol. The van der Waals surface area contributed by atoms with Crippen LogP contribution in [0.3, 0.4) is 0 Å². The standard InChI is InChI=1S/C14H10BrF4N/c1-7(10-3-2-8(16)5-12(10)18)20-14-11(15)4-9(17)6-13(14)19/h2-7,20H,1H3. The number of anilines is 1. The summed E-state index contributed by atoms with van der Waals surface area (Å²) in [5.74, 6) is -2.94. The lowest BCUT2D eigenvalue weighted by Gasteiger charge is -2.18. The Bertz CT molecular complexity index is 622. The van der Waals surface area contributed by atoms with Crippen LogP contribution in [0, 0.1) is 23.3 Å². The van der Waals surface area contributed by atoms with E-state index in [1.54, 1.807) is 6.92 Å². The van der Waals surface area contributed by atoms with Crippen molar-refractivity contribution < 1.29 is 17.6 Å². The molecule has 0 spiro atoms. The molecule has 1 N–H and O–H groups in total. The van der Waals surface area contributed by atoms with Gasteiger partial charge in [-0.05, 0) is 35.0 Å². The smallest absolute Gasteiger partial charge is 0.150 e. The van der Waals surface area contributed by atoms with Crippen molar-refractivity contribution in [3.05, 3.63) is 63.6 Å². The van der Waals surface area contributed by atoms with Gasteiger partial charge in [0.1, 0.15) is 23.3 Å². The molecule has 0 saturated carbocycles. The van der Waals surface area contributed by atoms with Crippen molar-refractivity contribution in [2.24, 2.45) is 0 Å². The number of halogens is 5. The maximum absolute atomic E-state index is 13.7. The van der Waals surface area contributed by atoms with Gasteiger partial charge in [-0.1, -0.05) is 6.07 Å². The van der Waals surface area contributed by atoms with Crippen LogP contribution in [0.15, 0.2) is 34.8 Å². The number of hydrogen-bond donors (Lipinski definition) is 1. The highest BCUT2D eigenvalue weighted by Crippen LogP contribution is 2.31. The molecule has 0 amide bonds. The fourth-order valence-corrected chi connectivity index (χ4v) is 2.35. The van der Waals surface area contributed by atoms with Gasteiger partial charge in [0.05, 0.1) is 11.7 Å². The van der Waals surface area contributed by atoms with Crippen LogP contribution in [0.4, 0.5) is 23.2 Å². The van der Waals surface area contributed by atoms with Crippen LogP contribution in [0.5, 0.6) is 0 Å². The summed E-state index contributed by atoms with van der Waals surface area (Å²) in [7, 11) is 0. The Morgan fingerprint density at radius 2 is 1.60 bits per heavy atom. The van der Waals surface area contributed by atoms with Crippen LogP contribution >= 0.6 is 15.9 Å². The van der Waals surface area contributed by atoms with Gasteiger partial charge in [-0.3, -0.25) is 0 Å². The fourth-order valence-electron chi connectivity index (χ4n) is 1.83. The molecule has 0 radical (unpaired) electrons. The van der Waals surface area contributed by atoms with Gasteiger partial charge in [0.15, 0.2) is 0 Å². The number of benzene rings is 2. The van der Waals surface area contributed by atoms with Crippen molar-refractivity contribution in [3.8, 4) is 0 Å². The molecule has 1 atom stereocenters. The largest absolute Gasteiger partial charge is 0.375 e. The molecule has 1 nitrogen and oxygen atoms in total. The third-order valence-corrected chi connectivity index (χ3v) is 3.42. The minimum atomic E-state index is -0.800. The van der Waals surface area contributed by atoms with E-state index >= 15 is 0 Å². The Morgan fingerprint density at radius 1 is 0.950 bits per heavy atom. The number of rotatable bonds is 3. The van der Waals surface area contributed by atoms with Crippen molar-refractivity contribution >= 4 is 21.6 Å². The minimum Gasteiger partial charge on any atom is -0.375 e. The first-order valence-electron chi connectivity index (χ1n) is 5.74. The van der Waals surface area contributed by atoms with Crippen LogP contribution in [0.25, 0.3) is 0 Å². The first-order valence-corrected chi connectivity index (χ1v) is 6.54. The normalized spacial score (nSPS) is 12.3. The van der Waals surface area contributed by atoms with E-state index in [0.717, 1.165) is 24.3 Å². The number of hydrogen-bond acceptors (Lipinski definition) is 1. The summed E-state index contributed by atoms with van der Waals surface area (Å²) >= 11 is 3.03. The third-order valence-electron chi connectivity index (χ3n) is 2.80. The highest BCUT2D eigenvalue weighted by atomic mass is 79.9. The van der Waals surface area contributed by atoms with Crippen LogP contribution in [0.2, 0.25) is 0 Å². The molecule has 6 heteroatoms. The van der Waals surface area contributed by atoms with Gasteiger partial charge >= 0.3 is 0 Å². The van der Waals surface area contributed by atoms with Crippen molar-refractivity contribution in [2.45, 2.75) is 13.0 Å². The van der Waals surface area contributed by atoms with E-state index in [1.165, 1.54) is 6.07 Å². The van der Waals surface area contributed by atoms with E-state index in [4.69, 9.17) is 0 Å². The van der Waals surface area contributed by atoms with E-state index in [1.807, 2.05) is 0 Å². The lowest BCUT2D eigenvalue weighted by molar-refractivity contribution is 0.563. The molecule has 2 rings (SSSR count). The van der Waals surface area contributed by atoms with Crippen molar-refractivity contribution in [2.75, 3.05) is 5.32 Å². The van der Waals surface area contributed by atoms with Crippen LogP contribution < -0.4 is 5.32 Å². The maximum Gasteiger partial charge on any atom is 0.150 e. The molecule has 0 aliphatic heterocycles. The maximum atomic E-state index is 13.7. The van der Waals surface area contributed by atoms with E-state index in [0.29, 0.717) is 0 Å². The molecule has 0 heterocycles. The molecule has 0 fully saturated rings. The van der Waals surface area contributed by atoms with Crippen LogP contribution in [-0.2, 0) is 0 Å². The highest BCUT2D eigenvalue weighted by Gasteiger charge is 2.16. The van der Waals surface area contributed by atoms with Crippen LogP contribution in [-0.4, -0.2) is 0 Å². The second-order valence-electron chi connectivity index (χ2n) is 4.28. The van der Waals surface area contributed by atoms with Gasteiger partial charge in [-0.15, -0.1) is 0 Å². The molecule has 2 aromatic carbocycles. The SMILES string of the molecule is CC(Nc1c(F)cc(F)cc1Br)c1ccc(F)cc1F. The summed E-state index contributed by atoms with van der Waals surface area (Å²) < 4.78 is 53.3. The Labute approximate surface area is 121 Å². The van der Waals surface area contributed by atoms with E-state index in [2.05, 4.69) is 21.2 Å². The molecule has 1 unspecified atom stereocenters. The first-order chi connectivity index (χ1) is 9.38. The zero-order valence-corrected chi connectivity index (χ0v) is 11.9. The zero-order chi connectivity index (χ0) is 14.9. The Balaban J connectivity index is 2.30. The molecule has 0 aliphatic carbocycles. The third kappa shape index (κ3) is 3.12. The van der Waals surface area contributed by atoms with Gasteiger partial charge in [0.25, 0.3) is 0 Å². The summed E-state index contributed by atoms with van der Waals surface area (Å²) in [6.07, 6.45) is 0. The summed E-state index contributed by atoms with van der Waals surface area (Å²) in [5, 5.41) is 2.73. The fraction of sp³-hybridized carbons (Fsp3) is 0.143. The molecule has 0 saturated heterocycles. The predicted molar refractivity (Wildman–Crippen MR) is 72.5 cm³/mol. The monoisotopic (exact) mass is 347 g/mol. The molecule has 0 aliphatic rings. The second-order valence-corrected chi connectivity index (χ2v) is 5.13. The Morgan fingerprint density at radius 3 is 2.20 bits per heavy atom. The molecule has 0 aromatic heterocycles. The summed E-state index contributed by atoms with van der Waals surface area (Å²) in [6, 6.07) is 4.35. The van der Waals surface area contributed by atoms with Gasteiger partial charge < -0.3 is 5.32 Å². The summed E-state index contributed by atoms with van der Waals surface area (Å²) in [6.45, 7) is 1.59. The van der Waals surface area contributed by atoms with E-state index < -0.39 is 29.3 Å². The molecular formula is C14H10BrF4N. The topological polar surface area (TPSA) is 12.0 Å². The zero-order valence-electron chi connectivity index (χ0n) is 10.4. The predicted octanol–water partition coefficient (Wildman–Crippen LogP) is 5.18. The average Bonchev–Trinajstić information content (AvgIpc) is 2.33. The van der Waals surface area contributed by atoms with Gasteiger partial charge in [-0.2, -0.15) is 0 Å². The van der Waals surface area contributed by atoms with Crippen molar-refractivity contribution in [1.82, 2.24) is 0 Å². The number of nitrogens with one attached hydrogen (secondary N) is 1. The van der Waals surface area contributed by atoms with Gasteiger partial charge in [-0.25, -0.2) is 17.6 Å². The van der Waals surface area contributed by atoms with E-state index in [9.17, 15) is 17.6 Å². The summed E-state index contributed by atoms with van der Waals surface area (Å²) in [5.41, 5.74) is 0.199. The first kappa shape index (κ1) is 14.8. The quantitative estimate of drug-likeness (QED) is 0.754. The minimum absolute atomic E-state index is 0.0163. The Hall–Kier alpha value is -1.56. The molecule has 20 heavy (non-hydrogen) atoms. The van der Waals surface area contributed by atoms with Gasteiger partial charge in [0, 0.05) is 22.2 Å². The van der Waals surface area contributed by atoms with Crippen LogP contribution in [0.1, 0.15) is 18.5 Å². The lowest BCUT2D eigenvalue weighted by Crippen LogP contribution is -2.10. The van der Waals surface area contributed by atoms with E-state index in [-0.39, 0.29) is 15.7 Å². The molecule has 106 valence electrons. The lowest BCUT2D eigenvalue weighted by atomic mass is 10.1. The average molecular weight is 348 g/mol.